The summed E-state index contributed by atoms with van der Waals surface area (Å²) in [6.45, 7) is 2.15. The Morgan fingerprint density at radius 2 is 1.55 bits per heavy atom. The molecule has 8 N–H and O–H groups in total. The molecule has 0 bridgehead atoms. The summed E-state index contributed by atoms with van der Waals surface area (Å²) in [5.74, 6) is 0. The molecule has 0 spiro atoms. The standard InChI is InChI=1S/C28H29N5/c1-2-17-3-8-23(9-4-17)32-28-16-24(30)20(14-25(28)31)11-18-5-10-26-21(12-18)13-19-6-7-22(29)15-27(19)33-26/h3-10,12,14-16,32-33H,2,11,13,29-31H2,1H3. The van der Waals surface area contributed by atoms with Crippen molar-refractivity contribution in [1.29, 1.82) is 0 Å². The Morgan fingerprint density at radius 3 is 2.33 bits per heavy atom. The number of nitrogen functional groups attached to an aromatic ring is 3. The van der Waals surface area contributed by atoms with Crippen LogP contribution in [-0.4, -0.2) is 0 Å². The summed E-state index contributed by atoms with van der Waals surface area (Å²) < 4.78 is 0. The van der Waals surface area contributed by atoms with Gasteiger partial charge in [-0.1, -0.05) is 37.3 Å². The predicted octanol–water partition coefficient (Wildman–Crippen LogP) is 5.98. The van der Waals surface area contributed by atoms with Crippen molar-refractivity contribution in [2.75, 3.05) is 27.8 Å². The highest BCUT2D eigenvalue weighted by Crippen LogP contribution is 2.35. The van der Waals surface area contributed by atoms with Gasteiger partial charge in [0.1, 0.15) is 0 Å². The van der Waals surface area contributed by atoms with Gasteiger partial charge in [0.2, 0.25) is 0 Å². The van der Waals surface area contributed by atoms with Crippen LogP contribution in [0.4, 0.5) is 39.8 Å². The summed E-state index contributed by atoms with van der Waals surface area (Å²) in [7, 11) is 0. The quantitative estimate of drug-likeness (QED) is 0.219. The molecule has 0 atom stereocenters. The Bertz CT molecular complexity index is 1330. The van der Waals surface area contributed by atoms with E-state index in [2.05, 4.69) is 66.1 Å². The number of hydrogen-bond acceptors (Lipinski definition) is 5. The zero-order valence-corrected chi connectivity index (χ0v) is 18.8. The molecule has 33 heavy (non-hydrogen) atoms. The molecule has 0 aromatic heterocycles. The van der Waals surface area contributed by atoms with E-state index in [1.165, 1.54) is 22.3 Å². The first-order valence-corrected chi connectivity index (χ1v) is 11.3. The number of rotatable bonds is 5. The first kappa shape index (κ1) is 20.8. The molecule has 0 unspecified atom stereocenters. The van der Waals surface area contributed by atoms with Crippen LogP contribution in [0.5, 0.6) is 0 Å². The lowest BCUT2D eigenvalue weighted by molar-refractivity contribution is 1.12. The van der Waals surface area contributed by atoms with Crippen molar-refractivity contribution < 1.29 is 0 Å². The van der Waals surface area contributed by atoms with E-state index in [0.717, 1.165) is 59.0 Å². The maximum Gasteiger partial charge on any atom is 0.0638 e. The van der Waals surface area contributed by atoms with Crippen molar-refractivity contribution in [1.82, 2.24) is 0 Å². The number of aryl methyl sites for hydroxylation is 1. The van der Waals surface area contributed by atoms with E-state index in [4.69, 9.17) is 17.2 Å². The van der Waals surface area contributed by atoms with Crippen LogP contribution in [0.25, 0.3) is 0 Å². The number of hydrogen-bond donors (Lipinski definition) is 5. The molecule has 0 fully saturated rings. The summed E-state index contributed by atoms with van der Waals surface area (Å²) in [5, 5.41) is 6.89. The molecule has 0 saturated heterocycles. The van der Waals surface area contributed by atoms with E-state index in [1.54, 1.807) is 0 Å². The fourth-order valence-corrected chi connectivity index (χ4v) is 4.38. The molecule has 0 amide bonds. The van der Waals surface area contributed by atoms with Crippen LogP contribution in [0.3, 0.4) is 0 Å². The minimum absolute atomic E-state index is 0.685. The van der Waals surface area contributed by atoms with Crippen molar-refractivity contribution in [2.24, 2.45) is 0 Å². The highest BCUT2D eigenvalue weighted by atomic mass is 14.9. The second kappa shape index (κ2) is 8.43. The molecular weight excluding hydrogens is 406 g/mol. The lowest BCUT2D eigenvalue weighted by Gasteiger charge is -2.22. The fraction of sp³-hybridized carbons (Fsp3) is 0.143. The SMILES string of the molecule is CCc1ccc(Nc2cc(N)c(Cc3ccc4c(c3)Cc3ccc(N)cc3N4)cc2N)cc1. The Labute approximate surface area is 194 Å². The van der Waals surface area contributed by atoms with Gasteiger partial charge in [0.05, 0.1) is 11.4 Å². The third kappa shape index (κ3) is 4.30. The molecule has 0 aliphatic carbocycles. The van der Waals surface area contributed by atoms with Crippen molar-refractivity contribution in [2.45, 2.75) is 26.2 Å². The third-order valence-electron chi connectivity index (χ3n) is 6.30. The molecule has 0 saturated carbocycles. The van der Waals surface area contributed by atoms with Crippen LogP contribution < -0.4 is 27.8 Å². The minimum Gasteiger partial charge on any atom is -0.399 e. The number of fused-ring (bicyclic) bond motifs is 2. The van der Waals surface area contributed by atoms with Gasteiger partial charge in [-0.25, -0.2) is 0 Å². The van der Waals surface area contributed by atoms with E-state index in [9.17, 15) is 0 Å². The molecule has 1 aliphatic heterocycles. The monoisotopic (exact) mass is 435 g/mol. The van der Waals surface area contributed by atoms with Crippen LogP contribution in [0.15, 0.2) is 72.8 Å². The zero-order valence-electron chi connectivity index (χ0n) is 18.8. The molecule has 4 aromatic carbocycles. The highest BCUT2D eigenvalue weighted by molar-refractivity contribution is 5.78. The van der Waals surface area contributed by atoms with Crippen molar-refractivity contribution in [3.05, 3.63) is 101 Å². The minimum atomic E-state index is 0.685. The fourth-order valence-electron chi connectivity index (χ4n) is 4.38. The Balaban J connectivity index is 1.35. The molecule has 5 nitrogen and oxygen atoms in total. The van der Waals surface area contributed by atoms with Gasteiger partial charge in [-0.3, -0.25) is 0 Å². The summed E-state index contributed by atoms with van der Waals surface area (Å²) in [6, 6.07) is 24.8. The summed E-state index contributed by atoms with van der Waals surface area (Å²) >= 11 is 0. The predicted molar refractivity (Wildman–Crippen MR) is 141 cm³/mol. The second-order valence-corrected chi connectivity index (χ2v) is 8.70. The molecule has 5 rings (SSSR count). The second-order valence-electron chi connectivity index (χ2n) is 8.70. The van der Waals surface area contributed by atoms with Crippen molar-refractivity contribution in [3.8, 4) is 0 Å². The Hall–Kier alpha value is -4.12. The molecule has 1 aliphatic rings. The van der Waals surface area contributed by atoms with Crippen LogP contribution in [0, 0.1) is 0 Å². The third-order valence-corrected chi connectivity index (χ3v) is 6.30. The maximum absolute atomic E-state index is 6.43. The lowest BCUT2D eigenvalue weighted by Crippen LogP contribution is -2.08. The smallest absolute Gasteiger partial charge is 0.0638 e. The van der Waals surface area contributed by atoms with Gasteiger partial charge in [0, 0.05) is 34.9 Å². The molecule has 0 radical (unpaired) electrons. The van der Waals surface area contributed by atoms with E-state index >= 15 is 0 Å². The average molecular weight is 436 g/mol. The van der Waals surface area contributed by atoms with Crippen molar-refractivity contribution in [3.63, 3.8) is 0 Å². The first-order chi connectivity index (χ1) is 16.0. The lowest BCUT2D eigenvalue weighted by atomic mass is 9.93. The normalized spacial score (nSPS) is 11.9. The molecule has 4 aromatic rings. The molecular formula is C28H29N5. The molecule has 166 valence electrons. The molecule has 5 heteroatoms. The summed E-state index contributed by atoms with van der Waals surface area (Å²) in [4.78, 5) is 0. The topological polar surface area (TPSA) is 102 Å². The van der Waals surface area contributed by atoms with E-state index in [0.29, 0.717) is 5.69 Å². The van der Waals surface area contributed by atoms with Gasteiger partial charge in [-0.05, 0) is 83.1 Å². The van der Waals surface area contributed by atoms with Crippen molar-refractivity contribution >= 4 is 39.8 Å². The molecule has 1 heterocycles. The number of nitrogens with two attached hydrogens (primary N) is 3. The van der Waals surface area contributed by atoms with Crippen LogP contribution >= 0.6 is 0 Å². The Kier molecular flexibility index (Phi) is 5.31. The Morgan fingerprint density at radius 1 is 0.758 bits per heavy atom. The van der Waals surface area contributed by atoms with E-state index in [-0.39, 0.29) is 0 Å². The first-order valence-electron chi connectivity index (χ1n) is 11.3. The number of nitrogens with one attached hydrogen (secondary N) is 2. The van der Waals surface area contributed by atoms with Gasteiger partial charge in [0.15, 0.2) is 0 Å². The number of anilines is 7. The van der Waals surface area contributed by atoms with Gasteiger partial charge < -0.3 is 27.8 Å². The average Bonchev–Trinajstić information content (AvgIpc) is 2.81. The highest BCUT2D eigenvalue weighted by Gasteiger charge is 2.16. The van der Waals surface area contributed by atoms with Gasteiger partial charge in [-0.2, -0.15) is 0 Å². The van der Waals surface area contributed by atoms with Gasteiger partial charge >= 0.3 is 0 Å². The zero-order chi connectivity index (χ0) is 22.9. The summed E-state index contributed by atoms with van der Waals surface area (Å²) in [5.41, 5.74) is 31.0. The van der Waals surface area contributed by atoms with Gasteiger partial charge in [0.25, 0.3) is 0 Å². The number of benzene rings is 4. The summed E-state index contributed by atoms with van der Waals surface area (Å²) in [6.07, 6.45) is 2.62. The largest absolute Gasteiger partial charge is 0.399 e. The van der Waals surface area contributed by atoms with E-state index < -0.39 is 0 Å². The van der Waals surface area contributed by atoms with Crippen LogP contribution in [-0.2, 0) is 19.3 Å². The van der Waals surface area contributed by atoms with Crippen LogP contribution in [0.2, 0.25) is 0 Å². The van der Waals surface area contributed by atoms with Gasteiger partial charge in [-0.15, -0.1) is 0 Å². The van der Waals surface area contributed by atoms with Crippen LogP contribution in [0.1, 0.15) is 34.7 Å². The maximum atomic E-state index is 6.43. The van der Waals surface area contributed by atoms with E-state index in [1.807, 2.05) is 24.3 Å².